The summed E-state index contributed by atoms with van der Waals surface area (Å²) < 4.78 is 0. The van der Waals surface area contributed by atoms with Gasteiger partial charge in [0.05, 0.1) is 10.6 Å². The molecule has 0 aliphatic rings. The Balaban J connectivity index is 2.97. The molecular weight excluding hydrogens is 259 g/mol. The summed E-state index contributed by atoms with van der Waals surface area (Å²) in [6, 6.07) is 1.71. The van der Waals surface area contributed by atoms with E-state index in [2.05, 4.69) is 4.98 Å². The van der Waals surface area contributed by atoms with Gasteiger partial charge in [0.25, 0.3) is 5.91 Å². The molecule has 0 fully saturated rings. The summed E-state index contributed by atoms with van der Waals surface area (Å²) in [5.74, 6) is -0.0621. The van der Waals surface area contributed by atoms with Crippen molar-refractivity contribution in [2.24, 2.45) is 0 Å². The average molecular weight is 275 g/mol. The molecule has 1 rings (SSSR count). The van der Waals surface area contributed by atoms with Crippen LogP contribution in [0.25, 0.3) is 0 Å². The van der Waals surface area contributed by atoms with Crippen molar-refractivity contribution in [2.45, 2.75) is 33.2 Å². The summed E-state index contributed by atoms with van der Waals surface area (Å²) >= 11 is 11.6. The number of carbonyl (C=O) groups is 1. The standard InChI is InChI=1S/C12H16Cl2N2O/c1-4-5-16(8(2)3)12(17)9-6-10(13)11(14)15-7-9/h6-8H,4-5H2,1-3H3. The number of carbonyl (C=O) groups excluding carboxylic acids is 1. The van der Waals surface area contributed by atoms with Crippen molar-refractivity contribution in [3.63, 3.8) is 0 Å². The topological polar surface area (TPSA) is 33.2 Å². The second-order valence-corrected chi connectivity index (χ2v) is 4.85. The van der Waals surface area contributed by atoms with Gasteiger partial charge in [-0.1, -0.05) is 30.1 Å². The molecule has 17 heavy (non-hydrogen) atoms. The SMILES string of the molecule is CCCN(C(=O)c1cnc(Cl)c(Cl)c1)C(C)C. The van der Waals surface area contributed by atoms with Gasteiger partial charge in [0.15, 0.2) is 0 Å². The molecular formula is C12H16Cl2N2O. The smallest absolute Gasteiger partial charge is 0.255 e. The minimum absolute atomic E-state index is 0.0621. The molecule has 0 saturated carbocycles. The third-order valence-corrected chi connectivity index (χ3v) is 3.08. The number of nitrogens with zero attached hydrogens (tertiary/aromatic N) is 2. The second kappa shape index (κ2) is 6.22. The molecule has 0 aliphatic heterocycles. The maximum Gasteiger partial charge on any atom is 0.255 e. The number of pyridine rings is 1. The highest BCUT2D eigenvalue weighted by Gasteiger charge is 2.18. The van der Waals surface area contributed by atoms with E-state index in [0.29, 0.717) is 10.6 Å². The van der Waals surface area contributed by atoms with Crippen molar-refractivity contribution in [3.8, 4) is 0 Å². The van der Waals surface area contributed by atoms with E-state index in [1.165, 1.54) is 6.20 Å². The molecule has 1 aromatic heterocycles. The van der Waals surface area contributed by atoms with Crippen LogP contribution in [0.5, 0.6) is 0 Å². The van der Waals surface area contributed by atoms with E-state index in [4.69, 9.17) is 23.2 Å². The predicted octanol–water partition coefficient (Wildman–Crippen LogP) is 3.65. The monoisotopic (exact) mass is 274 g/mol. The van der Waals surface area contributed by atoms with Crippen molar-refractivity contribution in [3.05, 3.63) is 28.0 Å². The van der Waals surface area contributed by atoms with Crippen LogP contribution in [0.1, 0.15) is 37.6 Å². The lowest BCUT2D eigenvalue weighted by molar-refractivity contribution is 0.0705. The molecule has 0 unspecified atom stereocenters. The highest BCUT2D eigenvalue weighted by atomic mass is 35.5. The van der Waals surface area contributed by atoms with Gasteiger partial charge in [-0.3, -0.25) is 4.79 Å². The van der Waals surface area contributed by atoms with Gasteiger partial charge in [-0.2, -0.15) is 0 Å². The molecule has 0 spiro atoms. The molecule has 1 aromatic rings. The summed E-state index contributed by atoms with van der Waals surface area (Å²) in [4.78, 5) is 17.9. The van der Waals surface area contributed by atoms with Crippen molar-refractivity contribution >= 4 is 29.1 Å². The van der Waals surface area contributed by atoms with Crippen LogP contribution in [-0.4, -0.2) is 28.4 Å². The van der Waals surface area contributed by atoms with Gasteiger partial charge >= 0.3 is 0 Å². The van der Waals surface area contributed by atoms with Gasteiger partial charge < -0.3 is 4.90 Å². The largest absolute Gasteiger partial charge is 0.336 e. The summed E-state index contributed by atoms with van der Waals surface area (Å²) in [6.45, 7) is 6.73. The van der Waals surface area contributed by atoms with Crippen molar-refractivity contribution in [1.82, 2.24) is 9.88 Å². The Hall–Kier alpha value is -0.800. The van der Waals surface area contributed by atoms with Crippen molar-refractivity contribution < 1.29 is 4.79 Å². The van der Waals surface area contributed by atoms with Crippen LogP contribution in [0.3, 0.4) is 0 Å². The van der Waals surface area contributed by atoms with Gasteiger partial charge in [-0.15, -0.1) is 0 Å². The fraction of sp³-hybridized carbons (Fsp3) is 0.500. The second-order valence-electron chi connectivity index (χ2n) is 4.09. The summed E-state index contributed by atoms with van der Waals surface area (Å²) in [6.07, 6.45) is 2.38. The van der Waals surface area contributed by atoms with E-state index in [9.17, 15) is 4.79 Å². The third-order valence-electron chi connectivity index (χ3n) is 2.39. The maximum absolute atomic E-state index is 12.2. The molecule has 0 aromatic carbocycles. The molecule has 0 radical (unpaired) electrons. The number of halogens is 2. The number of rotatable bonds is 4. The first-order chi connectivity index (χ1) is 7.97. The molecule has 94 valence electrons. The Morgan fingerprint density at radius 2 is 2.12 bits per heavy atom. The van der Waals surface area contributed by atoms with Crippen LogP contribution in [-0.2, 0) is 0 Å². The van der Waals surface area contributed by atoms with E-state index < -0.39 is 0 Å². The Labute approximate surface area is 112 Å². The Morgan fingerprint density at radius 3 is 2.59 bits per heavy atom. The van der Waals surface area contributed by atoms with Gasteiger partial charge in [0.1, 0.15) is 5.15 Å². The number of aromatic nitrogens is 1. The van der Waals surface area contributed by atoms with E-state index >= 15 is 0 Å². The minimum Gasteiger partial charge on any atom is -0.336 e. The molecule has 5 heteroatoms. The number of hydrogen-bond acceptors (Lipinski definition) is 2. The summed E-state index contributed by atoms with van der Waals surface area (Å²) in [7, 11) is 0. The first-order valence-electron chi connectivity index (χ1n) is 5.59. The fourth-order valence-corrected chi connectivity index (χ4v) is 1.81. The lowest BCUT2D eigenvalue weighted by atomic mass is 10.2. The lowest BCUT2D eigenvalue weighted by Crippen LogP contribution is -2.37. The predicted molar refractivity (Wildman–Crippen MR) is 70.7 cm³/mol. The molecule has 0 bridgehead atoms. The van der Waals surface area contributed by atoms with Crippen molar-refractivity contribution in [2.75, 3.05) is 6.54 Å². The van der Waals surface area contributed by atoms with Gasteiger partial charge in [0, 0.05) is 18.8 Å². The number of amides is 1. The summed E-state index contributed by atoms with van der Waals surface area (Å²) in [5.41, 5.74) is 0.474. The summed E-state index contributed by atoms with van der Waals surface area (Å²) in [5, 5.41) is 0.521. The maximum atomic E-state index is 12.2. The first kappa shape index (κ1) is 14.3. The van der Waals surface area contributed by atoms with Crippen molar-refractivity contribution in [1.29, 1.82) is 0 Å². The normalized spacial score (nSPS) is 10.7. The zero-order valence-electron chi connectivity index (χ0n) is 10.2. The lowest BCUT2D eigenvalue weighted by Gasteiger charge is -2.26. The quantitative estimate of drug-likeness (QED) is 0.786. The van der Waals surface area contributed by atoms with Crippen LogP contribution >= 0.6 is 23.2 Å². The first-order valence-corrected chi connectivity index (χ1v) is 6.35. The molecule has 0 aliphatic carbocycles. The minimum atomic E-state index is -0.0621. The molecule has 0 N–H and O–H groups in total. The van der Waals surface area contributed by atoms with Gasteiger partial charge in [-0.25, -0.2) is 4.98 Å². The molecule has 0 saturated heterocycles. The van der Waals surface area contributed by atoms with Gasteiger partial charge in [0.2, 0.25) is 0 Å². The zero-order valence-corrected chi connectivity index (χ0v) is 11.7. The Morgan fingerprint density at radius 1 is 1.47 bits per heavy atom. The van der Waals surface area contributed by atoms with E-state index in [0.717, 1.165) is 13.0 Å². The van der Waals surface area contributed by atoms with E-state index in [-0.39, 0.29) is 17.1 Å². The molecule has 1 heterocycles. The third kappa shape index (κ3) is 3.58. The van der Waals surface area contributed by atoms with E-state index in [1.54, 1.807) is 11.0 Å². The number of hydrogen-bond donors (Lipinski definition) is 0. The van der Waals surface area contributed by atoms with Crippen LogP contribution in [0.4, 0.5) is 0 Å². The molecule has 3 nitrogen and oxygen atoms in total. The Bertz CT molecular complexity index is 407. The fourth-order valence-electron chi connectivity index (χ4n) is 1.54. The average Bonchev–Trinajstić information content (AvgIpc) is 2.28. The van der Waals surface area contributed by atoms with Crippen LogP contribution in [0.2, 0.25) is 10.2 Å². The highest BCUT2D eigenvalue weighted by molar-refractivity contribution is 6.41. The van der Waals surface area contributed by atoms with Crippen LogP contribution in [0.15, 0.2) is 12.3 Å². The van der Waals surface area contributed by atoms with E-state index in [1.807, 2.05) is 20.8 Å². The highest BCUT2D eigenvalue weighted by Crippen LogP contribution is 2.21. The van der Waals surface area contributed by atoms with Crippen LogP contribution < -0.4 is 0 Å². The zero-order chi connectivity index (χ0) is 13.0. The van der Waals surface area contributed by atoms with Gasteiger partial charge in [-0.05, 0) is 26.3 Å². The molecule has 1 amide bonds. The molecule has 0 atom stereocenters. The van der Waals surface area contributed by atoms with Crippen LogP contribution in [0, 0.1) is 0 Å². The Kier molecular flexibility index (Phi) is 5.22.